The monoisotopic (exact) mass is 149 g/mol. The van der Waals surface area contributed by atoms with Gasteiger partial charge in [-0.05, 0) is 31.2 Å². The van der Waals surface area contributed by atoms with E-state index in [4.69, 9.17) is 10.5 Å². The molecule has 0 bridgehead atoms. The molecule has 0 atom stereocenters. The topological polar surface area (TPSA) is 35.2 Å². The first-order chi connectivity index (χ1) is 5.18. The van der Waals surface area contributed by atoms with Crippen molar-refractivity contribution in [1.29, 1.82) is 0 Å². The summed E-state index contributed by atoms with van der Waals surface area (Å²) in [6.07, 6.45) is 0. The van der Waals surface area contributed by atoms with Crippen molar-refractivity contribution in [3.63, 3.8) is 0 Å². The number of anilines is 1. The fraction of sp³-hybridized carbons (Fsp3) is 0.111. The molecule has 0 saturated heterocycles. The highest BCUT2D eigenvalue weighted by Crippen LogP contribution is 2.14. The summed E-state index contributed by atoms with van der Waals surface area (Å²) < 4.78 is 5.22. The van der Waals surface area contributed by atoms with E-state index < -0.39 is 0 Å². The van der Waals surface area contributed by atoms with Crippen LogP contribution in [0.15, 0.2) is 36.6 Å². The van der Waals surface area contributed by atoms with Crippen LogP contribution in [0.3, 0.4) is 0 Å². The van der Waals surface area contributed by atoms with Crippen LogP contribution in [0.1, 0.15) is 6.92 Å². The number of rotatable bonds is 2. The molecule has 2 heteroatoms. The zero-order chi connectivity index (χ0) is 8.27. The van der Waals surface area contributed by atoms with E-state index in [1.165, 1.54) is 0 Å². The SMILES string of the molecule is C=C(C)Oc1ccc(N)cc1. The molecular formula is C9H11NO. The van der Waals surface area contributed by atoms with Crippen molar-refractivity contribution in [2.24, 2.45) is 0 Å². The summed E-state index contributed by atoms with van der Waals surface area (Å²) in [6.45, 7) is 5.42. The van der Waals surface area contributed by atoms with Crippen LogP contribution in [0.5, 0.6) is 5.75 Å². The van der Waals surface area contributed by atoms with E-state index in [2.05, 4.69) is 6.58 Å². The van der Waals surface area contributed by atoms with E-state index >= 15 is 0 Å². The molecule has 1 rings (SSSR count). The Bertz CT molecular complexity index is 251. The highest BCUT2D eigenvalue weighted by molar-refractivity contribution is 5.41. The molecule has 0 spiro atoms. The third-order valence-corrected chi connectivity index (χ3v) is 1.17. The smallest absolute Gasteiger partial charge is 0.127 e. The molecule has 0 amide bonds. The van der Waals surface area contributed by atoms with Gasteiger partial charge in [0.25, 0.3) is 0 Å². The molecular weight excluding hydrogens is 138 g/mol. The number of hydrogen-bond acceptors (Lipinski definition) is 2. The van der Waals surface area contributed by atoms with Gasteiger partial charge in [-0.1, -0.05) is 6.58 Å². The summed E-state index contributed by atoms with van der Waals surface area (Å²) in [5, 5.41) is 0. The molecule has 2 nitrogen and oxygen atoms in total. The lowest BCUT2D eigenvalue weighted by atomic mass is 10.3. The molecule has 0 radical (unpaired) electrons. The Balaban J connectivity index is 2.74. The highest BCUT2D eigenvalue weighted by Gasteiger charge is 1.91. The Hall–Kier alpha value is -1.44. The Morgan fingerprint density at radius 3 is 2.36 bits per heavy atom. The van der Waals surface area contributed by atoms with Gasteiger partial charge in [-0.3, -0.25) is 0 Å². The van der Waals surface area contributed by atoms with Crippen molar-refractivity contribution in [3.8, 4) is 5.75 Å². The van der Waals surface area contributed by atoms with Crippen molar-refractivity contribution in [2.45, 2.75) is 6.92 Å². The average Bonchev–Trinajstić information content (AvgIpc) is 1.93. The lowest BCUT2D eigenvalue weighted by Crippen LogP contribution is -1.89. The second-order valence-electron chi connectivity index (χ2n) is 2.37. The van der Waals surface area contributed by atoms with Crippen molar-refractivity contribution < 1.29 is 4.74 Å². The number of nitrogens with two attached hydrogens (primary N) is 1. The van der Waals surface area contributed by atoms with Gasteiger partial charge in [-0.15, -0.1) is 0 Å². The maximum atomic E-state index is 5.48. The summed E-state index contributed by atoms with van der Waals surface area (Å²) in [5.41, 5.74) is 6.21. The fourth-order valence-corrected chi connectivity index (χ4v) is 0.737. The van der Waals surface area contributed by atoms with Crippen LogP contribution >= 0.6 is 0 Å². The van der Waals surface area contributed by atoms with E-state index in [9.17, 15) is 0 Å². The van der Waals surface area contributed by atoms with Gasteiger partial charge in [0.1, 0.15) is 5.75 Å². The Morgan fingerprint density at radius 2 is 1.91 bits per heavy atom. The van der Waals surface area contributed by atoms with Crippen LogP contribution in [0.4, 0.5) is 5.69 Å². The normalized spacial score (nSPS) is 9.18. The molecule has 11 heavy (non-hydrogen) atoms. The van der Waals surface area contributed by atoms with Crippen LogP contribution in [-0.2, 0) is 0 Å². The van der Waals surface area contributed by atoms with Crippen LogP contribution in [-0.4, -0.2) is 0 Å². The summed E-state index contributed by atoms with van der Waals surface area (Å²) >= 11 is 0. The first-order valence-corrected chi connectivity index (χ1v) is 3.37. The largest absolute Gasteiger partial charge is 0.463 e. The average molecular weight is 149 g/mol. The molecule has 0 aliphatic carbocycles. The molecule has 0 aromatic heterocycles. The molecule has 0 fully saturated rings. The van der Waals surface area contributed by atoms with Crippen LogP contribution in [0, 0.1) is 0 Å². The molecule has 58 valence electrons. The van der Waals surface area contributed by atoms with Gasteiger partial charge < -0.3 is 10.5 Å². The van der Waals surface area contributed by atoms with Gasteiger partial charge in [0.15, 0.2) is 0 Å². The predicted octanol–water partition coefficient (Wildman–Crippen LogP) is 2.18. The Morgan fingerprint density at radius 1 is 1.36 bits per heavy atom. The van der Waals surface area contributed by atoms with Gasteiger partial charge in [0.2, 0.25) is 0 Å². The van der Waals surface area contributed by atoms with E-state index in [1.807, 2.05) is 12.1 Å². The molecule has 0 saturated carbocycles. The van der Waals surface area contributed by atoms with Gasteiger partial charge in [0.05, 0.1) is 5.76 Å². The van der Waals surface area contributed by atoms with E-state index in [-0.39, 0.29) is 0 Å². The van der Waals surface area contributed by atoms with Gasteiger partial charge >= 0.3 is 0 Å². The zero-order valence-electron chi connectivity index (χ0n) is 6.50. The lowest BCUT2D eigenvalue weighted by Gasteiger charge is -2.03. The molecule has 0 aliphatic rings. The minimum Gasteiger partial charge on any atom is -0.463 e. The first kappa shape index (κ1) is 7.66. The highest BCUT2D eigenvalue weighted by atomic mass is 16.5. The van der Waals surface area contributed by atoms with E-state index in [0.717, 1.165) is 11.4 Å². The molecule has 0 heterocycles. The van der Waals surface area contributed by atoms with Gasteiger partial charge in [-0.2, -0.15) is 0 Å². The minimum atomic E-state index is 0.676. The summed E-state index contributed by atoms with van der Waals surface area (Å²) in [6, 6.07) is 7.20. The third-order valence-electron chi connectivity index (χ3n) is 1.17. The van der Waals surface area contributed by atoms with Crippen molar-refractivity contribution in [1.82, 2.24) is 0 Å². The molecule has 0 aliphatic heterocycles. The van der Waals surface area contributed by atoms with E-state index in [0.29, 0.717) is 5.76 Å². The van der Waals surface area contributed by atoms with Gasteiger partial charge in [-0.25, -0.2) is 0 Å². The second kappa shape index (κ2) is 3.10. The summed E-state index contributed by atoms with van der Waals surface area (Å²) in [7, 11) is 0. The second-order valence-corrected chi connectivity index (χ2v) is 2.37. The first-order valence-electron chi connectivity index (χ1n) is 3.37. The van der Waals surface area contributed by atoms with Crippen LogP contribution < -0.4 is 10.5 Å². The summed E-state index contributed by atoms with van der Waals surface area (Å²) in [5.74, 6) is 1.45. The van der Waals surface area contributed by atoms with Crippen LogP contribution in [0.25, 0.3) is 0 Å². The fourth-order valence-electron chi connectivity index (χ4n) is 0.737. The maximum absolute atomic E-state index is 5.48. The molecule has 1 aromatic rings. The Labute approximate surface area is 66.3 Å². The van der Waals surface area contributed by atoms with Crippen molar-refractivity contribution in [3.05, 3.63) is 36.6 Å². The third kappa shape index (κ3) is 2.34. The van der Waals surface area contributed by atoms with E-state index in [1.54, 1.807) is 19.1 Å². The van der Waals surface area contributed by atoms with Crippen molar-refractivity contribution >= 4 is 5.69 Å². The van der Waals surface area contributed by atoms with Gasteiger partial charge in [0, 0.05) is 5.69 Å². The molecule has 2 N–H and O–H groups in total. The quantitative estimate of drug-likeness (QED) is 0.516. The number of hydrogen-bond donors (Lipinski definition) is 1. The minimum absolute atomic E-state index is 0.676. The van der Waals surface area contributed by atoms with Crippen molar-refractivity contribution in [2.75, 3.05) is 5.73 Å². The number of allylic oxidation sites excluding steroid dienone is 1. The zero-order valence-corrected chi connectivity index (χ0v) is 6.50. The molecule has 0 unspecified atom stereocenters. The lowest BCUT2D eigenvalue weighted by molar-refractivity contribution is 0.430. The number of ether oxygens (including phenoxy) is 1. The number of benzene rings is 1. The maximum Gasteiger partial charge on any atom is 0.127 e. The van der Waals surface area contributed by atoms with Crippen LogP contribution in [0.2, 0.25) is 0 Å². The molecule has 1 aromatic carbocycles. The summed E-state index contributed by atoms with van der Waals surface area (Å²) in [4.78, 5) is 0. The number of nitrogen functional groups attached to an aromatic ring is 1. The predicted molar refractivity (Wildman–Crippen MR) is 46.3 cm³/mol. The Kier molecular flexibility index (Phi) is 2.16. The standard InChI is InChI=1S/C9H11NO/c1-7(2)11-9-5-3-8(10)4-6-9/h3-6H,1,10H2,2H3.